The van der Waals surface area contributed by atoms with Crippen molar-refractivity contribution in [1.82, 2.24) is 15.0 Å². The molecule has 2 atom stereocenters. The van der Waals surface area contributed by atoms with Crippen molar-refractivity contribution in [2.75, 3.05) is 38.8 Å². The van der Waals surface area contributed by atoms with Gasteiger partial charge < -0.3 is 19.1 Å². The van der Waals surface area contributed by atoms with Gasteiger partial charge in [-0.2, -0.15) is 15.0 Å². The number of anilines is 1. The lowest BCUT2D eigenvalue weighted by atomic mass is 10.3. The summed E-state index contributed by atoms with van der Waals surface area (Å²) in [6.07, 6.45) is 0.839. The van der Waals surface area contributed by atoms with Crippen LogP contribution in [0.4, 0.5) is 5.95 Å². The van der Waals surface area contributed by atoms with Gasteiger partial charge in [0.2, 0.25) is 11.2 Å². The van der Waals surface area contributed by atoms with Crippen molar-refractivity contribution in [3.8, 4) is 6.01 Å². The van der Waals surface area contributed by atoms with E-state index < -0.39 is 0 Å². The molecule has 0 aliphatic carbocycles. The second kappa shape index (κ2) is 7.01. The first-order valence-corrected chi connectivity index (χ1v) is 6.90. The molecule has 8 heteroatoms. The van der Waals surface area contributed by atoms with Gasteiger partial charge in [-0.25, -0.2) is 0 Å². The molecule has 1 fully saturated rings. The van der Waals surface area contributed by atoms with Gasteiger partial charge in [-0.15, -0.1) is 0 Å². The fourth-order valence-corrected chi connectivity index (χ4v) is 2.23. The molecule has 0 radical (unpaired) electrons. The van der Waals surface area contributed by atoms with Crippen molar-refractivity contribution in [2.45, 2.75) is 25.6 Å². The summed E-state index contributed by atoms with van der Waals surface area (Å²) in [5.74, 6) is 0.484. The molecule has 2 rings (SSSR count). The molecule has 0 amide bonds. The number of ether oxygens (including phenoxy) is 3. The number of methoxy groups -OCH3 is 2. The quantitative estimate of drug-likeness (QED) is 0.781. The molecule has 7 nitrogen and oxygen atoms in total. The Morgan fingerprint density at radius 2 is 1.80 bits per heavy atom. The molecule has 1 saturated heterocycles. The Morgan fingerprint density at radius 1 is 1.15 bits per heavy atom. The van der Waals surface area contributed by atoms with Crippen LogP contribution in [-0.4, -0.2) is 61.1 Å². The van der Waals surface area contributed by atoms with E-state index in [0.717, 1.165) is 6.42 Å². The summed E-state index contributed by atoms with van der Waals surface area (Å²) in [5.41, 5.74) is 0. The highest BCUT2D eigenvalue weighted by Crippen LogP contribution is 2.22. The van der Waals surface area contributed by atoms with Crippen LogP contribution in [0.3, 0.4) is 0 Å². The maximum absolute atomic E-state index is 5.92. The molecule has 0 aromatic carbocycles. The summed E-state index contributed by atoms with van der Waals surface area (Å²) in [6.45, 7) is 3.84. The van der Waals surface area contributed by atoms with Gasteiger partial charge in [-0.3, -0.25) is 0 Å². The highest BCUT2D eigenvalue weighted by atomic mass is 35.5. The number of hydrogen-bond acceptors (Lipinski definition) is 7. The zero-order chi connectivity index (χ0) is 14.5. The van der Waals surface area contributed by atoms with Crippen LogP contribution in [0.15, 0.2) is 0 Å². The largest absolute Gasteiger partial charge is 0.463 e. The molecule has 112 valence electrons. The summed E-state index contributed by atoms with van der Waals surface area (Å²) >= 11 is 5.92. The summed E-state index contributed by atoms with van der Waals surface area (Å²) in [6, 6.07) is 0.247. The monoisotopic (exact) mass is 302 g/mol. The number of halogens is 1. The van der Waals surface area contributed by atoms with Crippen LogP contribution in [-0.2, 0) is 9.47 Å². The average molecular weight is 303 g/mol. The van der Waals surface area contributed by atoms with Gasteiger partial charge in [0, 0.05) is 27.3 Å². The number of nitrogens with zero attached hydrogens (tertiary/aromatic N) is 4. The van der Waals surface area contributed by atoms with Gasteiger partial charge in [0.05, 0.1) is 6.61 Å². The van der Waals surface area contributed by atoms with E-state index in [0.29, 0.717) is 25.6 Å². The van der Waals surface area contributed by atoms with Crippen LogP contribution >= 0.6 is 11.6 Å². The van der Waals surface area contributed by atoms with E-state index in [1.54, 1.807) is 14.2 Å². The fraction of sp³-hybridized carbons (Fsp3) is 0.750. The van der Waals surface area contributed by atoms with Crippen molar-refractivity contribution in [1.29, 1.82) is 0 Å². The minimum atomic E-state index is -0.0180. The number of rotatable bonds is 6. The first-order valence-electron chi connectivity index (χ1n) is 6.52. The van der Waals surface area contributed by atoms with E-state index in [1.165, 1.54) is 0 Å². The number of hydrogen-bond donors (Lipinski definition) is 0. The third kappa shape index (κ3) is 3.47. The van der Waals surface area contributed by atoms with Crippen LogP contribution in [0.5, 0.6) is 6.01 Å². The van der Waals surface area contributed by atoms with E-state index in [9.17, 15) is 0 Å². The lowest BCUT2D eigenvalue weighted by Gasteiger charge is -2.16. The molecule has 2 heterocycles. The van der Waals surface area contributed by atoms with Gasteiger partial charge in [-0.05, 0) is 18.0 Å². The zero-order valence-electron chi connectivity index (χ0n) is 11.9. The predicted octanol–water partition coefficient (Wildman–Crippen LogP) is 1.16. The Labute approximate surface area is 123 Å². The Morgan fingerprint density at radius 3 is 2.35 bits per heavy atom. The van der Waals surface area contributed by atoms with Crippen LogP contribution in [0.25, 0.3) is 0 Å². The number of aromatic nitrogens is 3. The Balaban J connectivity index is 2.14. The van der Waals surface area contributed by atoms with Crippen molar-refractivity contribution in [2.24, 2.45) is 0 Å². The molecule has 0 saturated carbocycles. The second-order valence-corrected chi connectivity index (χ2v) is 4.83. The third-order valence-electron chi connectivity index (χ3n) is 3.11. The zero-order valence-corrected chi connectivity index (χ0v) is 12.6. The summed E-state index contributed by atoms with van der Waals surface area (Å²) in [7, 11) is 3.33. The molecular formula is C12H19ClN4O3. The van der Waals surface area contributed by atoms with E-state index in [1.807, 2.05) is 11.8 Å². The normalized spacial score (nSPS) is 22.3. The summed E-state index contributed by atoms with van der Waals surface area (Å²) in [5, 5.41) is 0.121. The van der Waals surface area contributed by atoms with E-state index in [4.69, 9.17) is 25.8 Å². The molecule has 1 aliphatic rings. The van der Waals surface area contributed by atoms with Crippen molar-refractivity contribution < 1.29 is 14.2 Å². The van der Waals surface area contributed by atoms with Crippen molar-refractivity contribution in [3.63, 3.8) is 0 Å². The maximum Gasteiger partial charge on any atom is 0.322 e. The SMILES string of the molecule is CCCOc1nc(Cl)nc(N2CC(OC)C(OC)C2)n1. The molecule has 0 N–H and O–H groups in total. The van der Waals surface area contributed by atoms with Crippen LogP contribution in [0.2, 0.25) is 5.28 Å². The Hall–Kier alpha value is -1.18. The topological polar surface area (TPSA) is 69.6 Å². The first kappa shape index (κ1) is 15.2. The van der Waals surface area contributed by atoms with Crippen LogP contribution in [0, 0.1) is 0 Å². The van der Waals surface area contributed by atoms with Crippen LogP contribution in [0.1, 0.15) is 13.3 Å². The Kier molecular flexibility index (Phi) is 5.33. The van der Waals surface area contributed by atoms with Gasteiger partial charge in [0.15, 0.2) is 0 Å². The minimum absolute atomic E-state index is 0.0180. The molecule has 1 aliphatic heterocycles. The van der Waals surface area contributed by atoms with E-state index in [-0.39, 0.29) is 23.5 Å². The summed E-state index contributed by atoms with van der Waals surface area (Å²) in [4.78, 5) is 14.3. The standard InChI is InChI=1S/C12H19ClN4O3/c1-4-5-20-12-15-10(13)14-11(16-12)17-6-8(18-2)9(7-17)19-3/h8-9H,4-7H2,1-3H3. The molecule has 0 spiro atoms. The van der Waals surface area contributed by atoms with Crippen molar-refractivity contribution >= 4 is 17.5 Å². The lowest BCUT2D eigenvalue weighted by Crippen LogP contribution is -2.27. The molecule has 1 aromatic rings. The molecule has 20 heavy (non-hydrogen) atoms. The molecule has 2 unspecified atom stereocenters. The van der Waals surface area contributed by atoms with Gasteiger partial charge in [0.25, 0.3) is 0 Å². The van der Waals surface area contributed by atoms with Gasteiger partial charge in [-0.1, -0.05) is 6.92 Å². The Bertz CT molecular complexity index is 437. The maximum atomic E-state index is 5.92. The van der Waals surface area contributed by atoms with E-state index >= 15 is 0 Å². The average Bonchev–Trinajstić information content (AvgIpc) is 2.88. The smallest absolute Gasteiger partial charge is 0.322 e. The third-order valence-corrected chi connectivity index (χ3v) is 3.28. The second-order valence-electron chi connectivity index (χ2n) is 4.49. The highest BCUT2D eigenvalue weighted by molar-refractivity contribution is 6.28. The fourth-order valence-electron chi connectivity index (χ4n) is 2.08. The lowest BCUT2D eigenvalue weighted by molar-refractivity contribution is -0.00461. The predicted molar refractivity (Wildman–Crippen MR) is 74.4 cm³/mol. The first-order chi connectivity index (χ1) is 9.67. The van der Waals surface area contributed by atoms with Gasteiger partial charge >= 0.3 is 6.01 Å². The molecule has 0 bridgehead atoms. The van der Waals surface area contributed by atoms with E-state index in [2.05, 4.69) is 15.0 Å². The van der Waals surface area contributed by atoms with Crippen LogP contribution < -0.4 is 9.64 Å². The molecular weight excluding hydrogens is 284 g/mol. The van der Waals surface area contributed by atoms with Crippen molar-refractivity contribution in [3.05, 3.63) is 5.28 Å². The minimum Gasteiger partial charge on any atom is -0.463 e. The molecule has 1 aromatic heterocycles. The van der Waals surface area contributed by atoms with Gasteiger partial charge in [0.1, 0.15) is 12.2 Å². The summed E-state index contributed by atoms with van der Waals surface area (Å²) < 4.78 is 16.2. The highest BCUT2D eigenvalue weighted by Gasteiger charge is 2.34.